The maximum Gasteiger partial charge on any atom is 0.278 e. The number of hydrogen-bond acceptors (Lipinski definition) is 5. The highest BCUT2D eigenvalue weighted by Gasteiger charge is 2.37. The van der Waals surface area contributed by atoms with Gasteiger partial charge in [0.1, 0.15) is 6.33 Å². The van der Waals surface area contributed by atoms with E-state index < -0.39 is 6.04 Å². The number of aromatic nitrogens is 4. The molecule has 1 aliphatic rings. The second-order valence-corrected chi connectivity index (χ2v) is 5.42. The van der Waals surface area contributed by atoms with Crippen molar-refractivity contribution < 1.29 is 4.79 Å². The number of amides is 1. The van der Waals surface area contributed by atoms with E-state index in [1.165, 1.54) is 11.3 Å². The van der Waals surface area contributed by atoms with E-state index >= 15 is 0 Å². The molecule has 0 bridgehead atoms. The van der Waals surface area contributed by atoms with E-state index in [0.717, 1.165) is 16.8 Å². The number of benzene rings is 1. The van der Waals surface area contributed by atoms with Crippen molar-refractivity contribution in [1.29, 1.82) is 0 Å². The third-order valence-corrected chi connectivity index (χ3v) is 3.93. The van der Waals surface area contributed by atoms with Gasteiger partial charge in [-0.05, 0) is 26.0 Å². The number of para-hydroxylation sites is 1. The predicted octanol–water partition coefficient (Wildman–Crippen LogP) is 3.12. The summed E-state index contributed by atoms with van der Waals surface area (Å²) < 4.78 is 1.62. The summed E-state index contributed by atoms with van der Waals surface area (Å²) in [6.07, 6.45) is 3.17. The molecule has 1 unspecified atom stereocenters. The van der Waals surface area contributed by atoms with Crippen LogP contribution < -0.4 is 5.01 Å². The fraction of sp³-hybridized carbons (Fsp3) is 0.278. The number of hydrogen-bond donors (Lipinski definition) is 0. The number of rotatable bonds is 2. The largest absolute Gasteiger partial charge is 0.278 e. The fourth-order valence-electron chi connectivity index (χ4n) is 2.76. The van der Waals surface area contributed by atoms with Gasteiger partial charge in [-0.15, -0.1) is 0 Å². The van der Waals surface area contributed by atoms with Gasteiger partial charge in [-0.1, -0.05) is 32.0 Å². The Labute approximate surface area is 146 Å². The highest BCUT2D eigenvalue weighted by molar-refractivity contribution is 6.16. The lowest BCUT2D eigenvalue weighted by Crippen LogP contribution is -2.30. The number of carbonyl (C=O) groups is 1. The zero-order valence-electron chi connectivity index (χ0n) is 14.7. The molecule has 1 aliphatic heterocycles. The van der Waals surface area contributed by atoms with E-state index in [-0.39, 0.29) is 5.91 Å². The van der Waals surface area contributed by atoms with Crippen LogP contribution in [0.4, 0.5) is 5.69 Å². The Morgan fingerprint density at radius 2 is 1.76 bits per heavy atom. The van der Waals surface area contributed by atoms with Gasteiger partial charge in [0, 0.05) is 0 Å². The zero-order chi connectivity index (χ0) is 18.0. The van der Waals surface area contributed by atoms with Crippen molar-refractivity contribution in [3.05, 3.63) is 48.5 Å². The molecule has 7 nitrogen and oxygen atoms in total. The zero-order valence-corrected chi connectivity index (χ0v) is 14.7. The van der Waals surface area contributed by atoms with Crippen molar-refractivity contribution in [2.75, 3.05) is 5.01 Å². The Bertz CT molecular complexity index is 931. The number of carbonyl (C=O) groups excluding carboxylic acids is 1. The van der Waals surface area contributed by atoms with Gasteiger partial charge in [-0.25, -0.2) is 14.6 Å². The monoisotopic (exact) mass is 336 g/mol. The SMILES string of the molecule is CC.CC1=NN(c2ccccc2)C(=O)C1n1ncc2c(C)ncnc21. The summed E-state index contributed by atoms with van der Waals surface area (Å²) in [6, 6.07) is 8.78. The predicted molar refractivity (Wildman–Crippen MR) is 97.5 cm³/mol. The van der Waals surface area contributed by atoms with Crippen LogP contribution in [0.5, 0.6) is 0 Å². The third kappa shape index (κ3) is 2.77. The molecule has 128 valence electrons. The van der Waals surface area contributed by atoms with Crippen molar-refractivity contribution in [3.8, 4) is 0 Å². The average Bonchev–Trinajstić information content (AvgIpc) is 3.19. The first-order valence-corrected chi connectivity index (χ1v) is 8.26. The normalized spacial score (nSPS) is 16.6. The summed E-state index contributed by atoms with van der Waals surface area (Å²) >= 11 is 0. The van der Waals surface area contributed by atoms with E-state index in [9.17, 15) is 4.79 Å². The Hall–Kier alpha value is -3.09. The average molecular weight is 336 g/mol. The minimum absolute atomic E-state index is 0.144. The molecular formula is C18H20N6O. The molecule has 0 saturated carbocycles. The first kappa shape index (κ1) is 16.8. The van der Waals surface area contributed by atoms with Crippen molar-refractivity contribution in [1.82, 2.24) is 19.7 Å². The minimum atomic E-state index is -0.581. The second kappa shape index (κ2) is 6.80. The highest BCUT2D eigenvalue weighted by atomic mass is 16.2. The topological polar surface area (TPSA) is 76.3 Å². The molecule has 25 heavy (non-hydrogen) atoms. The van der Waals surface area contributed by atoms with Gasteiger partial charge in [0.2, 0.25) is 0 Å². The first-order valence-electron chi connectivity index (χ1n) is 8.26. The standard InChI is InChI=1S/C16H14N6O.C2H6/c1-10-13-8-19-22(15(13)18-9-17-10)14-11(2)20-21(16(14)23)12-6-4-3-5-7-12;1-2/h3-9,14H,1-2H3;1-2H3. The molecule has 2 aromatic heterocycles. The third-order valence-electron chi connectivity index (χ3n) is 3.93. The molecule has 4 rings (SSSR count). The lowest BCUT2D eigenvalue weighted by molar-refractivity contribution is -0.119. The number of anilines is 1. The molecule has 0 N–H and O–H groups in total. The molecule has 0 radical (unpaired) electrons. The molecule has 0 saturated heterocycles. The van der Waals surface area contributed by atoms with E-state index in [0.29, 0.717) is 11.4 Å². The summed E-state index contributed by atoms with van der Waals surface area (Å²) in [4.78, 5) is 21.3. The Balaban J connectivity index is 0.000000880. The second-order valence-electron chi connectivity index (χ2n) is 5.42. The summed E-state index contributed by atoms with van der Waals surface area (Å²) in [5.41, 5.74) is 2.89. The Morgan fingerprint density at radius 1 is 1.04 bits per heavy atom. The number of aryl methyl sites for hydroxylation is 1. The van der Waals surface area contributed by atoms with Gasteiger partial charge >= 0.3 is 0 Å². The first-order chi connectivity index (χ1) is 12.2. The molecule has 1 aromatic carbocycles. The molecule has 0 spiro atoms. The maximum absolute atomic E-state index is 12.9. The number of hydrazone groups is 1. The van der Waals surface area contributed by atoms with Crippen LogP contribution >= 0.6 is 0 Å². The molecule has 1 amide bonds. The van der Waals surface area contributed by atoms with Crippen molar-refractivity contribution >= 4 is 28.3 Å². The number of fused-ring (bicyclic) bond motifs is 1. The molecule has 0 fully saturated rings. The molecular weight excluding hydrogens is 316 g/mol. The fourth-order valence-corrected chi connectivity index (χ4v) is 2.76. The minimum Gasteiger partial charge on any atom is -0.270 e. The van der Waals surface area contributed by atoms with Crippen LogP contribution in [0.15, 0.2) is 48.0 Å². The van der Waals surface area contributed by atoms with E-state index in [4.69, 9.17) is 0 Å². The molecule has 1 atom stereocenters. The molecule has 0 aliphatic carbocycles. The lowest BCUT2D eigenvalue weighted by atomic mass is 10.2. The number of nitrogens with zero attached hydrogens (tertiary/aromatic N) is 6. The van der Waals surface area contributed by atoms with E-state index in [1.807, 2.05) is 58.0 Å². The smallest absolute Gasteiger partial charge is 0.270 e. The van der Waals surface area contributed by atoms with Crippen LogP contribution in [0, 0.1) is 6.92 Å². The van der Waals surface area contributed by atoms with Crippen molar-refractivity contribution in [2.45, 2.75) is 33.7 Å². The van der Waals surface area contributed by atoms with E-state index in [2.05, 4.69) is 20.2 Å². The van der Waals surface area contributed by atoms with Crippen LogP contribution in [-0.2, 0) is 4.79 Å². The highest BCUT2D eigenvalue weighted by Crippen LogP contribution is 2.28. The molecule has 3 aromatic rings. The molecule has 3 heterocycles. The van der Waals surface area contributed by atoms with Crippen LogP contribution in [0.2, 0.25) is 0 Å². The quantitative estimate of drug-likeness (QED) is 0.720. The van der Waals surface area contributed by atoms with Gasteiger partial charge in [0.05, 0.1) is 28.7 Å². The van der Waals surface area contributed by atoms with Gasteiger partial charge < -0.3 is 0 Å². The maximum atomic E-state index is 12.9. The molecule has 7 heteroatoms. The lowest BCUT2D eigenvalue weighted by Gasteiger charge is -2.14. The van der Waals surface area contributed by atoms with Crippen molar-refractivity contribution in [2.24, 2.45) is 5.10 Å². The summed E-state index contributed by atoms with van der Waals surface area (Å²) in [7, 11) is 0. The van der Waals surface area contributed by atoms with Crippen LogP contribution in [0.1, 0.15) is 32.5 Å². The Morgan fingerprint density at radius 3 is 2.48 bits per heavy atom. The van der Waals surface area contributed by atoms with Crippen molar-refractivity contribution in [3.63, 3.8) is 0 Å². The van der Waals surface area contributed by atoms with Gasteiger partial charge in [0.15, 0.2) is 11.7 Å². The van der Waals surface area contributed by atoms with Gasteiger partial charge in [-0.3, -0.25) is 4.79 Å². The summed E-state index contributed by atoms with van der Waals surface area (Å²) in [5.74, 6) is -0.144. The Kier molecular flexibility index (Phi) is 4.56. The van der Waals surface area contributed by atoms with E-state index in [1.54, 1.807) is 10.9 Å². The van der Waals surface area contributed by atoms with Crippen LogP contribution in [0.3, 0.4) is 0 Å². The van der Waals surface area contributed by atoms with Gasteiger partial charge in [-0.2, -0.15) is 15.2 Å². The van der Waals surface area contributed by atoms with Crippen LogP contribution in [-0.4, -0.2) is 31.4 Å². The summed E-state index contributed by atoms with van der Waals surface area (Å²) in [5, 5.41) is 11.0. The van der Waals surface area contributed by atoms with Crippen LogP contribution in [0.25, 0.3) is 11.0 Å². The van der Waals surface area contributed by atoms with Gasteiger partial charge in [0.25, 0.3) is 5.91 Å². The summed E-state index contributed by atoms with van der Waals surface area (Å²) in [6.45, 7) is 7.72.